The van der Waals surface area contributed by atoms with Gasteiger partial charge in [-0.2, -0.15) is 0 Å². The lowest BCUT2D eigenvalue weighted by Crippen LogP contribution is -2.15. The molecule has 0 aromatic heterocycles. The van der Waals surface area contributed by atoms with Crippen molar-refractivity contribution in [3.63, 3.8) is 0 Å². The van der Waals surface area contributed by atoms with Crippen LogP contribution in [0.2, 0.25) is 0 Å². The lowest BCUT2D eigenvalue weighted by Gasteiger charge is -2.13. The van der Waals surface area contributed by atoms with Crippen LogP contribution >= 0.6 is 0 Å². The number of hydrogen-bond donors (Lipinski definition) is 1. The van der Waals surface area contributed by atoms with Gasteiger partial charge in [-0.15, -0.1) is 0 Å². The van der Waals surface area contributed by atoms with Crippen molar-refractivity contribution in [3.05, 3.63) is 34.9 Å². The van der Waals surface area contributed by atoms with E-state index in [0.717, 1.165) is 18.4 Å². The van der Waals surface area contributed by atoms with Crippen LogP contribution in [-0.4, -0.2) is 19.6 Å². The molecular formula is C14H19F2NO. The van der Waals surface area contributed by atoms with E-state index in [0.29, 0.717) is 6.42 Å². The van der Waals surface area contributed by atoms with E-state index in [-0.39, 0.29) is 12.6 Å². The first-order valence-electron chi connectivity index (χ1n) is 6.40. The van der Waals surface area contributed by atoms with E-state index >= 15 is 0 Å². The summed E-state index contributed by atoms with van der Waals surface area (Å²) >= 11 is 0. The highest BCUT2D eigenvalue weighted by Crippen LogP contribution is 2.25. The fourth-order valence-corrected chi connectivity index (χ4v) is 2.37. The normalized spacial score (nSPS) is 16.0. The van der Waals surface area contributed by atoms with Gasteiger partial charge in [-0.3, -0.25) is 0 Å². The van der Waals surface area contributed by atoms with Crippen molar-refractivity contribution in [2.24, 2.45) is 5.73 Å². The van der Waals surface area contributed by atoms with Crippen molar-refractivity contribution in [2.45, 2.75) is 38.2 Å². The van der Waals surface area contributed by atoms with Crippen LogP contribution in [0.3, 0.4) is 0 Å². The zero-order chi connectivity index (χ0) is 13.0. The molecule has 0 aliphatic heterocycles. The summed E-state index contributed by atoms with van der Waals surface area (Å²) in [4.78, 5) is 0. The third-order valence-corrected chi connectivity index (χ3v) is 3.37. The molecular weight excluding hydrogens is 236 g/mol. The molecule has 0 saturated heterocycles. The van der Waals surface area contributed by atoms with Gasteiger partial charge in [0.25, 0.3) is 6.43 Å². The zero-order valence-electron chi connectivity index (χ0n) is 10.4. The number of halogens is 2. The maximum absolute atomic E-state index is 11.9. The smallest absolute Gasteiger partial charge is 0.261 e. The molecule has 1 aliphatic carbocycles. The number of fused-ring (bicyclic) bond motifs is 1. The van der Waals surface area contributed by atoms with Gasteiger partial charge < -0.3 is 10.5 Å². The molecule has 0 bridgehead atoms. The summed E-state index contributed by atoms with van der Waals surface area (Å²) in [6.07, 6.45) is 1.66. The Labute approximate surface area is 106 Å². The first kappa shape index (κ1) is 13.4. The second kappa shape index (κ2) is 6.25. The van der Waals surface area contributed by atoms with Gasteiger partial charge >= 0.3 is 0 Å². The summed E-state index contributed by atoms with van der Waals surface area (Å²) in [5.74, 6) is 0. The van der Waals surface area contributed by atoms with Gasteiger partial charge in [0.2, 0.25) is 0 Å². The second-order valence-corrected chi connectivity index (χ2v) is 4.74. The van der Waals surface area contributed by atoms with E-state index < -0.39 is 13.0 Å². The average molecular weight is 255 g/mol. The Kier molecular flexibility index (Phi) is 4.66. The molecule has 0 radical (unpaired) electrons. The van der Waals surface area contributed by atoms with Crippen LogP contribution in [0, 0.1) is 0 Å². The first-order valence-corrected chi connectivity index (χ1v) is 6.40. The molecule has 1 aromatic carbocycles. The van der Waals surface area contributed by atoms with Gasteiger partial charge in [0.15, 0.2) is 0 Å². The molecule has 2 nitrogen and oxygen atoms in total. The maximum atomic E-state index is 11.9. The summed E-state index contributed by atoms with van der Waals surface area (Å²) in [5, 5.41) is 0. The number of hydrogen-bond acceptors (Lipinski definition) is 2. The Morgan fingerprint density at radius 2 is 2.00 bits per heavy atom. The molecule has 1 aliphatic rings. The number of rotatable bonds is 6. The Morgan fingerprint density at radius 1 is 1.22 bits per heavy atom. The van der Waals surface area contributed by atoms with Crippen molar-refractivity contribution >= 4 is 0 Å². The summed E-state index contributed by atoms with van der Waals surface area (Å²) in [5.41, 5.74) is 9.92. The van der Waals surface area contributed by atoms with Crippen LogP contribution < -0.4 is 5.73 Å². The van der Waals surface area contributed by atoms with E-state index in [4.69, 9.17) is 10.5 Å². The Hall–Kier alpha value is -1.00. The van der Waals surface area contributed by atoms with Gasteiger partial charge in [0.1, 0.15) is 6.61 Å². The SMILES string of the molecule is NC(CCOCC(F)F)c1ccc2c(c1)CCC2. The molecule has 0 amide bonds. The fourth-order valence-electron chi connectivity index (χ4n) is 2.37. The minimum absolute atomic E-state index is 0.131. The molecule has 0 saturated carbocycles. The maximum Gasteiger partial charge on any atom is 0.261 e. The highest BCUT2D eigenvalue weighted by atomic mass is 19.3. The average Bonchev–Trinajstić information content (AvgIpc) is 2.81. The van der Waals surface area contributed by atoms with Gasteiger partial charge in [0.05, 0.1) is 0 Å². The lowest BCUT2D eigenvalue weighted by molar-refractivity contribution is 0.0152. The Bertz CT molecular complexity index is 395. The van der Waals surface area contributed by atoms with Gasteiger partial charge in [-0.25, -0.2) is 8.78 Å². The number of alkyl halides is 2. The largest absolute Gasteiger partial charge is 0.375 e. The summed E-state index contributed by atoms with van der Waals surface area (Å²) < 4.78 is 28.6. The zero-order valence-corrected chi connectivity index (χ0v) is 10.4. The topological polar surface area (TPSA) is 35.2 Å². The number of aryl methyl sites for hydroxylation is 2. The van der Waals surface area contributed by atoms with E-state index in [1.54, 1.807) is 0 Å². The molecule has 1 aromatic rings. The van der Waals surface area contributed by atoms with Crippen LogP contribution in [0.25, 0.3) is 0 Å². The quantitative estimate of drug-likeness (QED) is 0.793. The van der Waals surface area contributed by atoms with Gasteiger partial charge in [-0.05, 0) is 42.4 Å². The standard InChI is InChI=1S/C14H19F2NO/c15-14(16)9-18-7-6-13(17)12-5-4-10-2-1-3-11(10)8-12/h4-5,8,13-14H,1-3,6-7,9,17H2. The van der Waals surface area contributed by atoms with Crippen LogP contribution in [0.1, 0.15) is 35.6 Å². The molecule has 100 valence electrons. The minimum Gasteiger partial charge on any atom is -0.375 e. The second-order valence-electron chi connectivity index (χ2n) is 4.74. The fraction of sp³-hybridized carbons (Fsp3) is 0.571. The lowest BCUT2D eigenvalue weighted by atomic mass is 10.00. The van der Waals surface area contributed by atoms with Crippen molar-refractivity contribution in [1.29, 1.82) is 0 Å². The minimum atomic E-state index is -2.40. The molecule has 0 spiro atoms. The van der Waals surface area contributed by atoms with Crippen molar-refractivity contribution in [1.82, 2.24) is 0 Å². The molecule has 2 N–H and O–H groups in total. The Balaban J connectivity index is 1.83. The van der Waals surface area contributed by atoms with E-state index in [1.807, 2.05) is 6.07 Å². The third kappa shape index (κ3) is 3.50. The molecule has 0 heterocycles. The van der Waals surface area contributed by atoms with Gasteiger partial charge in [-0.1, -0.05) is 18.2 Å². The summed E-state index contributed by atoms with van der Waals surface area (Å²) in [6, 6.07) is 6.20. The number of nitrogens with two attached hydrogens (primary N) is 1. The van der Waals surface area contributed by atoms with Crippen LogP contribution in [-0.2, 0) is 17.6 Å². The predicted molar refractivity (Wildman–Crippen MR) is 66.8 cm³/mol. The van der Waals surface area contributed by atoms with Crippen molar-refractivity contribution in [3.8, 4) is 0 Å². The molecule has 0 fully saturated rings. The van der Waals surface area contributed by atoms with Crippen molar-refractivity contribution in [2.75, 3.05) is 13.2 Å². The van der Waals surface area contributed by atoms with E-state index in [2.05, 4.69) is 12.1 Å². The molecule has 1 unspecified atom stereocenters. The highest BCUT2D eigenvalue weighted by Gasteiger charge is 2.13. The highest BCUT2D eigenvalue weighted by molar-refractivity contribution is 5.36. The third-order valence-electron chi connectivity index (χ3n) is 3.37. The monoisotopic (exact) mass is 255 g/mol. The van der Waals surface area contributed by atoms with Crippen LogP contribution in [0.5, 0.6) is 0 Å². The predicted octanol–water partition coefficient (Wildman–Crippen LogP) is 2.85. The summed E-state index contributed by atoms with van der Waals surface area (Å²) in [6.45, 7) is -0.223. The Morgan fingerprint density at radius 3 is 2.78 bits per heavy atom. The van der Waals surface area contributed by atoms with Crippen molar-refractivity contribution < 1.29 is 13.5 Å². The van der Waals surface area contributed by atoms with E-state index in [9.17, 15) is 8.78 Å². The van der Waals surface area contributed by atoms with E-state index in [1.165, 1.54) is 17.5 Å². The summed E-state index contributed by atoms with van der Waals surface area (Å²) in [7, 11) is 0. The first-order chi connectivity index (χ1) is 8.66. The van der Waals surface area contributed by atoms with Crippen LogP contribution in [0.15, 0.2) is 18.2 Å². The molecule has 2 rings (SSSR count). The number of ether oxygens (including phenoxy) is 1. The van der Waals surface area contributed by atoms with Crippen LogP contribution in [0.4, 0.5) is 8.78 Å². The number of benzene rings is 1. The van der Waals surface area contributed by atoms with Gasteiger partial charge in [0, 0.05) is 12.6 Å². The molecule has 1 atom stereocenters. The molecule has 4 heteroatoms. The molecule has 18 heavy (non-hydrogen) atoms.